The molecule has 0 aliphatic heterocycles. The molecule has 0 aliphatic rings. The van der Waals surface area contributed by atoms with Gasteiger partial charge >= 0.3 is 5.97 Å². The zero-order chi connectivity index (χ0) is 11.1. The van der Waals surface area contributed by atoms with E-state index >= 15 is 0 Å². The van der Waals surface area contributed by atoms with E-state index in [2.05, 4.69) is 14.8 Å². The van der Waals surface area contributed by atoms with E-state index in [-0.39, 0.29) is 18.1 Å². The molecule has 0 aromatic carbocycles. The normalized spacial score (nSPS) is 11.6. The minimum atomic E-state index is -0.824. The smallest absolute Gasteiger partial charge is 0.358 e. The van der Waals surface area contributed by atoms with Crippen LogP contribution in [0, 0.1) is 0 Å². The van der Waals surface area contributed by atoms with Gasteiger partial charge in [-0.3, -0.25) is 4.79 Å². The molecule has 0 aliphatic carbocycles. The summed E-state index contributed by atoms with van der Waals surface area (Å²) >= 11 is 0. The van der Waals surface area contributed by atoms with E-state index in [9.17, 15) is 14.7 Å². The summed E-state index contributed by atoms with van der Waals surface area (Å²) < 4.78 is 8.95. The number of ether oxygens (including phenoxy) is 2. The van der Waals surface area contributed by atoms with E-state index in [1.165, 1.54) is 14.0 Å². The van der Waals surface area contributed by atoms with E-state index in [1.807, 2.05) is 0 Å². The summed E-state index contributed by atoms with van der Waals surface area (Å²) in [5, 5.41) is 11.4. The molecular weight excluding hydrogens is 190 g/mol. The van der Waals surface area contributed by atoms with Crippen molar-refractivity contribution >= 4 is 11.9 Å². The van der Waals surface area contributed by atoms with Gasteiger partial charge in [0.2, 0.25) is 5.91 Å². The highest BCUT2D eigenvalue weighted by atomic mass is 16.5. The summed E-state index contributed by atoms with van der Waals surface area (Å²) in [6.07, 6.45) is 0. The second-order valence-electron chi connectivity index (χ2n) is 2.43. The van der Waals surface area contributed by atoms with Gasteiger partial charge in [-0.1, -0.05) is 0 Å². The van der Waals surface area contributed by atoms with Crippen molar-refractivity contribution in [3.8, 4) is 0 Å². The molecule has 6 heteroatoms. The van der Waals surface area contributed by atoms with Gasteiger partial charge < -0.3 is 19.9 Å². The van der Waals surface area contributed by atoms with Crippen LogP contribution < -0.4 is 5.32 Å². The summed E-state index contributed by atoms with van der Waals surface area (Å²) in [5.74, 6) is -1.68. The van der Waals surface area contributed by atoms with Crippen LogP contribution in [0.25, 0.3) is 0 Å². The first-order valence-corrected chi connectivity index (χ1v) is 3.79. The molecule has 14 heavy (non-hydrogen) atoms. The first-order chi connectivity index (χ1) is 6.52. The van der Waals surface area contributed by atoms with Crippen LogP contribution in [0.5, 0.6) is 0 Å². The Bertz CT molecular complexity index is 258. The highest BCUT2D eigenvalue weighted by Gasteiger charge is 2.16. The summed E-state index contributed by atoms with van der Waals surface area (Å²) in [6, 6.07) is 0. The number of hydrogen-bond donors (Lipinski definition) is 2. The van der Waals surface area contributed by atoms with Crippen LogP contribution in [-0.2, 0) is 19.1 Å². The van der Waals surface area contributed by atoms with Gasteiger partial charge in [0.1, 0.15) is 12.4 Å². The highest BCUT2D eigenvalue weighted by Crippen LogP contribution is 2.00. The third-order valence-corrected chi connectivity index (χ3v) is 1.26. The zero-order valence-electron chi connectivity index (χ0n) is 8.29. The molecule has 0 aromatic rings. The standard InChI is InChI=1S/C8H13NO5/c1-5(10)9-7(8(12)14-3)6(11)4-13-2/h11H,4H2,1-3H3,(H,9,10). The molecule has 80 valence electrons. The number of rotatable bonds is 4. The number of amides is 1. The van der Waals surface area contributed by atoms with Crippen LogP contribution in [0.2, 0.25) is 0 Å². The molecule has 0 fully saturated rings. The molecule has 0 aromatic heterocycles. The molecule has 0 saturated heterocycles. The lowest BCUT2D eigenvalue weighted by Gasteiger charge is -2.08. The maximum atomic E-state index is 11.1. The number of carbonyl (C=O) groups excluding carboxylic acids is 2. The van der Waals surface area contributed by atoms with Gasteiger partial charge in [-0.25, -0.2) is 4.79 Å². The Morgan fingerprint density at radius 2 is 1.93 bits per heavy atom. The van der Waals surface area contributed by atoms with Gasteiger partial charge in [-0.2, -0.15) is 0 Å². The topological polar surface area (TPSA) is 84.9 Å². The summed E-state index contributed by atoms with van der Waals surface area (Å²) in [5.41, 5.74) is -0.304. The second-order valence-corrected chi connectivity index (χ2v) is 2.43. The number of methoxy groups -OCH3 is 2. The van der Waals surface area contributed by atoms with Crippen LogP contribution in [0.1, 0.15) is 6.92 Å². The van der Waals surface area contributed by atoms with Crippen LogP contribution >= 0.6 is 0 Å². The molecular formula is C8H13NO5. The average Bonchev–Trinajstić information content (AvgIpc) is 2.13. The van der Waals surface area contributed by atoms with Crippen molar-refractivity contribution in [3.05, 3.63) is 11.5 Å². The van der Waals surface area contributed by atoms with Gasteiger partial charge in [0.15, 0.2) is 5.70 Å². The first kappa shape index (κ1) is 12.4. The fourth-order valence-corrected chi connectivity index (χ4v) is 0.728. The minimum absolute atomic E-state index is 0.176. The predicted octanol–water partition coefficient (Wildman–Crippen LogP) is -0.288. The Labute approximate surface area is 81.5 Å². The van der Waals surface area contributed by atoms with Crippen molar-refractivity contribution in [2.45, 2.75) is 6.92 Å². The molecule has 0 saturated carbocycles. The Kier molecular flexibility index (Phi) is 5.31. The molecule has 0 heterocycles. The van der Waals surface area contributed by atoms with Gasteiger partial charge in [-0.05, 0) is 0 Å². The Balaban J connectivity index is 4.77. The second kappa shape index (κ2) is 5.98. The number of esters is 1. The van der Waals surface area contributed by atoms with Gasteiger partial charge in [0.05, 0.1) is 7.11 Å². The van der Waals surface area contributed by atoms with Crippen molar-refractivity contribution < 1.29 is 24.2 Å². The van der Waals surface area contributed by atoms with E-state index in [4.69, 9.17) is 0 Å². The average molecular weight is 203 g/mol. The molecule has 6 nitrogen and oxygen atoms in total. The van der Waals surface area contributed by atoms with E-state index in [1.54, 1.807) is 0 Å². The predicted molar refractivity (Wildman–Crippen MR) is 47.4 cm³/mol. The Morgan fingerprint density at radius 3 is 2.29 bits per heavy atom. The lowest BCUT2D eigenvalue weighted by Crippen LogP contribution is -2.28. The fraction of sp³-hybridized carbons (Fsp3) is 0.500. The third-order valence-electron chi connectivity index (χ3n) is 1.26. The molecule has 0 spiro atoms. The first-order valence-electron chi connectivity index (χ1n) is 3.79. The maximum Gasteiger partial charge on any atom is 0.358 e. The van der Waals surface area contributed by atoms with Crippen molar-refractivity contribution in [1.82, 2.24) is 5.32 Å². The van der Waals surface area contributed by atoms with Gasteiger partial charge in [0.25, 0.3) is 0 Å². The third kappa shape index (κ3) is 3.90. The van der Waals surface area contributed by atoms with Crippen LogP contribution in [0.3, 0.4) is 0 Å². The summed E-state index contributed by atoms with van der Waals surface area (Å²) in [4.78, 5) is 21.7. The van der Waals surface area contributed by atoms with Gasteiger partial charge in [0, 0.05) is 14.0 Å². The molecule has 0 bridgehead atoms. The van der Waals surface area contributed by atoms with E-state index < -0.39 is 11.9 Å². The minimum Gasteiger partial charge on any atom is -0.507 e. The molecule has 1 amide bonds. The van der Waals surface area contributed by atoms with E-state index in [0.29, 0.717) is 0 Å². The SMILES string of the molecule is COCC(O)=C(NC(C)=O)C(=O)OC. The lowest BCUT2D eigenvalue weighted by molar-refractivity contribution is -0.138. The quantitative estimate of drug-likeness (QED) is 0.372. The van der Waals surface area contributed by atoms with Crippen LogP contribution in [-0.4, -0.2) is 37.8 Å². The molecule has 2 N–H and O–H groups in total. The monoisotopic (exact) mass is 203 g/mol. The molecule has 0 rings (SSSR count). The van der Waals surface area contributed by atoms with Crippen molar-refractivity contribution in [2.24, 2.45) is 0 Å². The maximum absolute atomic E-state index is 11.1. The van der Waals surface area contributed by atoms with E-state index in [0.717, 1.165) is 7.11 Å². The van der Waals surface area contributed by atoms with Crippen LogP contribution in [0.4, 0.5) is 0 Å². The molecule has 0 radical (unpaired) electrons. The summed E-state index contributed by atoms with van der Waals surface area (Å²) in [6.45, 7) is 1.04. The number of aliphatic hydroxyl groups is 1. The van der Waals surface area contributed by atoms with Gasteiger partial charge in [-0.15, -0.1) is 0 Å². The zero-order valence-corrected chi connectivity index (χ0v) is 8.29. The van der Waals surface area contributed by atoms with Crippen LogP contribution in [0.15, 0.2) is 11.5 Å². The van der Waals surface area contributed by atoms with Crippen molar-refractivity contribution in [1.29, 1.82) is 0 Å². The van der Waals surface area contributed by atoms with Crippen molar-refractivity contribution in [3.63, 3.8) is 0 Å². The lowest BCUT2D eigenvalue weighted by atomic mass is 10.3. The highest BCUT2D eigenvalue weighted by molar-refractivity contribution is 5.93. The Morgan fingerprint density at radius 1 is 1.36 bits per heavy atom. The number of nitrogens with one attached hydrogen (secondary N) is 1. The largest absolute Gasteiger partial charge is 0.507 e. The number of aliphatic hydroxyl groups excluding tert-OH is 1. The Hall–Kier alpha value is -1.56. The van der Waals surface area contributed by atoms with Crippen molar-refractivity contribution in [2.75, 3.05) is 20.8 Å². The molecule has 0 atom stereocenters. The fourth-order valence-electron chi connectivity index (χ4n) is 0.728. The summed E-state index contributed by atoms with van der Waals surface area (Å²) in [7, 11) is 2.49. The number of hydrogen-bond acceptors (Lipinski definition) is 5. The molecule has 0 unspecified atom stereocenters. The number of carbonyl (C=O) groups is 2.